The van der Waals surface area contributed by atoms with Crippen molar-refractivity contribution in [2.45, 2.75) is 19.4 Å². The van der Waals surface area contributed by atoms with Gasteiger partial charge in [0, 0.05) is 11.5 Å². The second kappa shape index (κ2) is 6.13. The lowest BCUT2D eigenvalue weighted by molar-refractivity contribution is -1.02. The molecule has 1 aliphatic heterocycles. The van der Waals surface area contributed by atoms with E-state index in [1.54, 1.807) is 17.0 Å². The molecule has 0 unspecified atom stereocenters. The summed E-state index contributed by atoms with van der Waals surface area (Å²) in [5.74, 6) is 2.61. The highest BCUT2D eigenvalue weighted by Gasteiger charge is 2.38. The van der Waals surface area contributed by atoms with Gasteiger partial charge in [0.15, 0.2) is 0 Å². The Morgan fingerprint density at radius 3 is 2.27 bits per heavy atom. The summed E-state index contributed by atoms with van der Waals surface area (Å²) in [7, 11) is 0. The quantitative estimate of drug-likeness (QED) is 0.742. The third-order valence-electron chi connectivity index (χ3n) is 6.00. The fourth-order valence-corrected chi connectivity index (χ4v) is 4.73. The number of fused-ring (bicyclic) bond motifs is 2. The maximum Gasteiger partial charge on any atom is 0.127 e. The van der Waals surface area contributed by atoms with Gasteiger partial charge in [-0.25, -0.2) is 4.39 Å². The van der Waals surface area contributed by atoms with E-state index >= 15 is 0 Å². The molecule has 1 aromatic carbocycles. The van der Waals surface area contributed by atoms with E-state index in [-0.39, 0.29) is 5.82 Å². The number of nitrogens with one attached hydrogen (secondary N) is 2. The van der Waals surface area contributed by atoms with Crippen LogP contribution < -0.4 is 9.80 Å². The Balaban J connectivity index is 1.24. The standard InChI is InChI=1S/C19H25FN2/c20-19-5-2-15(3-6-19)13-21-7-9-22(10-8-21)14-18-12-16-1-4-17(18)11-16/h1-6,16-18H,7-14H2/p+2/t16-,17+,18-/m1/s1. The van der Waals surface area contributed by atoms with Crippen molar-refractivity contribution in [3.05, 3.63) is 47.8 Å². The Hall–Kier alpha value is -1.19. The number of halogens is 1. The third-order valence-corrected chi connectivity index (χ3v) is 6.00. The van der Waals surface area contributed by atoms with Crippen LogP contribution in [-0.2, 0) is 6.54 Å². The minimum Gasteiger partial charge on any atom is -0.325 e. The summed E-state index contributed by atoms with van der Waals surface area (Å²) < 4.78 is 13.0. The summed E-state index contributed by atoms with van der Waals surface area (Å²) in [6.07, 6.45) is 7.80. The normalized spacial score (nSPS) is 36.9. The van der Waals surface area contributed by atoms with Crippen LogP contribution in [0.1, 0.15) is 18.4 Å². The number of quaternary nitrogens is 2. The second-order valence-corrected chi connectivity index (χ2v) is 7.55. The van der Waals surface area contributed by atoms with Crippen LogP contribution in [-0.4, -0.2) is 32.7 Å². The average Bonchev–Trinajstić information content (AvgIpc) is 3.14. The Morgan fingerprint density at radius 1 is 0.909 bits per heavy atom. The van der Waals surface area contributed by atoms with Crippen molar-refractivity contribution in [1.29, 1.82) is 0 Å². The van der Waals surface area contributed by atoms with Gasteiger partial charge in [-0.2, -0.15) is 0 Å². The third kappa shape index (κ3) is 3.11. The number of benzene rings is 1. The summed E-state index contributed by atoms with van der Waals surface area (Å²) in [4.78, 5) is 3.47. The zero-order valence-electron chi connectivity index (χ0n) is 13.2. The van der Waals surface area contributed by atoms with Gasteiger partial charge in [-0.1, -0.05) is 24.3 Å². The molecule has 1 saturated heterocycles. The molecule has 3 aliphatic rings. The highest BCUT2D eigenvalue weighted by molar-refractivity contribution is 5.14. The topological polar surface area (TPSA) is 8.88 Å². The molecule has 1 heterocycles. The van der Waals surface area contributed by atoms with E-state index in [2.05, 4.69) is 12.2 Å². The smallest absolute Gasteiger partial charge is 0.127 e. The summed E-state index contributed by atoms with van der Waals surface area (Å²) in [6, 6.07) is 7.03. The van der Waals surface area contributed by atoms with Gasteiger partial charge in [-0.05, 0) is 36.8 Å². The van der Waals surface area contributed by atoms with E-state index in [4.69, 9.17) is 0 Å². The molecule has 2 fully saturated rings. The lowest BCUT2D eigenvalue weighted by atomic mass is 9.93. The summed E-state index contributed by atoms with van der Waals surface area (Å²) in [5, 5.41) is 0. The number of allylic oxidation sites excluding steroid dienone is 2. The van der Waals surface area contributed by atoms with Gasteiger partial charge >= 0.3 is 0 Å². The first-order valence-electron chi connectivity index (χ1n) is 8.86. The molecule has 2 aliphatic carbocycles. The predicted molar refractivity (Wildman–Crippen MR) is 85.2 cm³/mol. The molecule has 1 aromatic rings. The van der Waals surface area contributed by atoms with Crippen LogP contribution in [0.2, 0.25) is 0 Å². The predicted octanol–water partition coefficient (Wildman–Crippen LogP) is 0.321. The Morgan fingerprint density at radius 2 is 1.64 bits per heavy atom. The first-order chi connectivity index (χ1) is 10.8. The van der Waals surface area contributed by atoms with Crippen LogP contribution in [0.3, 0.4) is 0 Å². The molecule has 22 heavy (non-hydrogen) atoms. The van der Waals surface area contributed by atoms with Crippen LogP contribution in [0.5, 0.6) is 0 Å². The maximum absolute atomic E-state index is 13.0. The molecule has 4 rings (SSSR count). The molecule has 3 heteroatoms. The van der Waals surface area contributed by atoms with Gasteiger partial charge in [0.05, 0.1) is 6.54 Å². The average molecular weight is 302 g/mol. The number of hydrogen-bond acceptors (Lipinski definition) is 0. The first kappa shape index (κ1) is 14.4. The molecular weight excluding hydrogens is 275 g/mol. The van der Waals surface area contributed by atoms with E-state index in [9.17, 15) is 4.39 Å². The molecule has 0 amide bonds. The van der Waals surface area contributed by atoms with Gasteiger partial charge < -0.3 is 9.80 Å². The van der Waals surface area contributed by atoms with Crippen LogP contribution in [0.15, 0.2) is 36.4 Å². The molecule has 2 N–H and O–H groups in total. The maximum atomic E-state index is 13.0. The van der Waals surface area contributed by atoms with Crippen LogP contribution in [0.4, 0.5) is 4.39 Å². The van der Waals surface area contributed by atoms with Crippen molar-refractivity contribution >= 4 is 0 Å². The highest BCUT2D eigenvalue weighted by atomic mass is 19.1. The van der Waals surface area contributed by atoms with Gasteiger partial charge in [-0.3, -0.25) is 0 Å². The van der Waals surface area contributed by atoms with Gasteiger partial charge in [0.1, 0.15) is 38.5 Å². The van der Waals surface area contributed by atoms with Crippen molar-refractivity contribution in [3.63, 3.8) is 0 Å². The second-order valence-electron chi connectivity index (χ2n) is 7.55. The minimum absolute atomic E-state index is 0.132. The molecule has 118 valence electrons. The molecule has 3 atom stereocenters. The number of hydrogen-bond donors (Lipinski definition) is 2. The Labute approximate surface area is 132 Å². The van der Waals surface area contributed by atoms with Crippen molar-refractivity contribution < 1.29 is 14.2 Å². The fraction of sp³-hybridized carbons (Fsp3) is 0.579. The Bertz CT molecular complexity index is 531. The van der Waals surface area contributed by atoms with E-state index in [1.807, 2.05) is 17.0 Å². The van der Waals surface area contributed by atoms with E-state index in [0.717, 1.165) is 24.3 Å². The molecule has 2 bridgehead atoms. The molecule has 1 saturated carbocycles. The number of rotatable bonds is 4. The molecular formula is C19H27FN2+2. The van der Waals surface area contributed by atoms with Crippen LogP contribution in [0.25, 0.3) is 0 Å². The largest absolute Gasteiger partial charge is 0.325 e. The monoisotopic (exact) mass is 302 g/mol. The van der Waals surface area contributed by atoms with E-state index < -0.39 is 0 Å². The van der Waals surface area contributed by atoms with Crippen molar-refractivity contribution in [2.24, 2.45) is 17.8 Å². The van der Waals surface area contributed by atoms with Gasteiger partial charge in [-0.15, -0.1) is 0 Å². The zero-order valence-corrected chi connectivity index (χ0v) is 13.2. The lowest BCUT2D eigenvalue weighted by Gasteiger charge is -2.32. The van der Waals surface area contributed by atoms with Crippen molar-refractivity contribution in [3.8, 4) is 0 Å². The highest BCUT2D eigenvalue weighted by Crippen LogP contribution is 2.42. The van der Waals surface area contributed by atoms with Crippen LogP contribution in [0, 0.1) is 23.6 Å². The molecule has 0 aromatic heterocycles. The SMILES string of the molecule is Fc1ccc(C[NH+]2CC[NH+](C[C@H]3C[C@@H]4C=C[C@H]3C4)CC2)cc1. The van der Waals surface area contributed by atoms with Crippen LogP contribution >= 0.6 is 0 Å². The Kier molecular flexibility index (Phi) is 4.01. The first-order valence-corrected chi connectivity index (χ1v) is 8.86. The minimum atomic E-state index is -0.132. The summed E-state index contributed by atoms with van der Waals surface area (Å²) in [5.41, 5.74) is 1.26. The van der Waals surface area contributed by atoms with Gasteiger partial charge in [0.2, 0.25) is 0 Å². The van der Waals surface area contributed by atoms with Crippen molar-refractivity contribution in [1.82, 2.24) is 0 Å². The molecule has 0 spiro atoms. The van der Waals surface area contributed by atoms with Crippen molar-refractivity contribution in [2.75, 3.05) is 32.7 Å². The number of piperazine rings is 1. The molecule has 2 nitrogen and oxygen atoms in total. The van der Waals surface area contributed by atoms with E-state index in [1.165, 1.54) is 51.1 Å². The van der Waals surface area contributed by atoms with Gasteiger partial charge in [0.25, 0.3) is 0 Å². The summed E-state index contributed by atoms with van der Waals surface area (Å²) in [6.45, 7) is 7.54. The lowest BCUT2D eigenvalue weighted by Crippen LogP contribution is -3.27. The van der Waals surface area contributed by atoms with E-state index in [0.29, 0.717) is 0 Å². The summed E-state index contributed by atoms with van der Waals surface area (Å²) >= 11 is 0. The zero-order chi connectivity index (χ0) is 14.9. The fourth-order valence-electron chi connectivity index (χ4n) is 4.73. The molecule has 0 radical (unpaired) electrons.